The first-order chi connectivity index (χ1) is 13.5. The summed E-state index contributed by atoms with van der Waals surface area (Å²) in [4.78, 5) is 27.2. The number of ether oxygens (including phenoxy) is 1. The second kappa shape index (κ2) is 8.91. The van der Waals surface area contributed by atoms with Crippen LogP contribution >= 0.6 is 0 Å². The van der Waals surface area contributed by atoms with Gasteiger partial charge < -0.3 is 15.0 Å². The number of amides is 2. The molecule has 0 bridgehead atoms. The Kier molecular flexibility index (Phi) is 6.34. The van der Waals surface area contributed by atoms with Crippen LogP contribution in [0.2, 0.25) is 0 Å². The van der Waals surface area contributed by atoms with Gasteiger partial charge in [0, 0.05) is 19.5 Å². The van der Waals surface area contributed by atoms with Gasteiger partial charge in [0.05, 0.1) is 7.11 Å². The van der Waals surface area contributed by atoms with E-state index >= 15 is 0 Å². The van der Waals surface area contributed by atoms with E-state index in [0.29, 0.717) is 31.8 Å². The molecule has 0 radical (unpaired) electrons. The molecule has 28 heavy (non-hydrogen) atoms. The molecule has 3 rings (SSSR count). The molecule has 0 aromatic heterocycles. The smallest absolute Gasteiger partial charge is 0.247 e. The van der Waals surface area contributed by atoms with Crippen molar-refractivity contribution in [3.63, 3.8) is 0 Å². The molecule has 1 saturated heterocycles. The van der Waals surface area contributed by atoms with Crippen LogP contribution in [0.1, 0.15) is 48.9 Å². The molecule has 1 aliphatic rings. The van der Waals surface area contributed by atoms with Gasteiger partial charge in [-0.3, -0.25) is 9.59 Å². The van der Waals surface area contributed by atoms with E-state index in [0.717, 1.165) is 16.9 Å². The van der Waals surface area contributed by atoms with Gasteiger partial charge in [-0.2, -0.15) is 0 Å². The molecule has 0 aliphatic carbocycles. The zero-order valence-corrected chi connectivity index (χ0v) is 16.8. The summed E-state index contributed by atoms with van der Waals surface area (Å²) in [7, 11) is 1.63. The first kappa shape index (κ1) is 19.9. The number of hydrogen-bond donors (Lipinski definition) is 1. The highest BCUT2D eigenvalue weighted by Crippen LogP contribution is 2.26. The van der Waals surface area contributed by atoms with Gasteiger partial charge in [-0.1, -0.05) is 50.2 Å². The van der Waals surface area contributed by atoms with Crippen LogP contribution in [-0.2, 0) is 16.0 Å². The first-order valence-corrected chi connectivity index (χ1v) is 9.79. The molecular formula is C23H28N2O3. The molecule has 1 aliphatic heterocycles. The Bertz CT molecular complexity index is 830. The minimum absolute atomic E-state index is 0.00407. The number of nitrogens with zero attached hydrogens (tertiary/aromatic N) is 1. The van der Waals surface area contributed by atoms with Crippen molar-refractivity contribution in [2.45, 2.75) is 38.6 Å². The van der Waals surface area contributed by atoms with Gasteiger partial charge in [0.2, 0.25) is 11.8 Å². The number of carbonyl (C=O) groups excluding carboxylic acids is 2. The summed E-state index contributed by atoms with van der Waals surface area (Å²) in [5.41, 5.74) is 3.12. The Balaban J connectivity index is 1.73. The van der Waals surface area contributed by atoms with Crippen molar-refractivity contribution in [2.75, 3.05) is 20.2 Å². The van der Waals surface area contributed by atoms with Gasteiger partial charge in [-0.05, 0) is 41.2 Å². The van der Waals surface area contributed by atoms with Crippen molar-refractivity contribution in [3.8, 4) is 5.75 Å². The fourth-order valence-corrected chi connectivity index (χ4v) is 3.55. The van der Waals surface area contributed by atoms with E-state index in [9.17, 15) is 9.59 Å². The molecule has 0 saturated carbocycles. The number of hydrogen-bond acceptors (Lipinski definition) is 3. The summed E-state index contributed by atoms with van der Waals surface area (Å²) >= 11 is 0. The number of carbonyl (C=O) groups is 2. The van der Waals surface area contributed by atoms with Crippen LogP contribution in [0.15, 0.2) is 48.5 Å². The number of nitrogens with one attached hydrogen (secondary N) is 1. The number of methoxy groups -OCH3 is 1. The van der Waals surface area contributed by atoms with Crippen molar-refractivity contribution < 1.29 is 14.3 Å². The number of rotatable bonds is 6. The molecule has 1 N–H and O–H groups in total. The highest BCUT2D eigenvalue weighted by molar-refractivity contribution is 5.89. The van der Waals surface area contributed by atoms with E-state index in [1.165, 1.54) is 5.56 Å². The molecule has 2 amide bonds. The van der Waals surface area contributed by atoms with Crippen LogP contribution in [0.25, 0.3) is 0 Å². The van der Waals surface area contributed by atoms with Gasteiger partial charge in [0.25, 0.3) is 0 Å². The fourth-order valence-electron chi connectivity index (χ4n) is 3.55. The van der Waals surface area contributed by atoms with Gasteiger partial charge in [0.15, 0.2) is 0 Å². The molecule has 2 aromatic carbocycles. The highest BCUT2D eigenvalue weighted by atomic mass is 16.5. The van der Waals surface area contributed by atoms with E-state index in [1.54, 1.807) is 12.0 Å². The van der Waals surface area contributed by atoms with E-state index in [-0.39, 0.29) is 11.8 Å². The van der Waals surface area contributed by atoms with Gasteiger partial charge in [-0.25, -0.2) is 0 Å². The molecule has 1 heterocycles. The Morgan fingerprint density at radius 1 is 1.21 bits per heavy atom. The van der Waals surface area contributed by atoms with Crippen LogP contribution in [0.3, 0.4) is 0 Å². The highest BCUT2D eigenvalue weighted by Gasteiger charge is 2.33. The van der Waals surface area contributed by atoms with Crippen molar-refractivity contribution in [3.05, 3.63) is 65.2 Å². The second-order valence-electron chi connectivity index (χ2n) is 7.45. The lowest BCUT2D eigenvalue weighted by Crippen LogP contribution is -2.52. The molecule has 5 heteroatoms. The Morgan fingerprint density at radius 2 is 1.96 bits per heavy atom. The summed E-state index contributed by atoms with van der Waals surface area (Å²) in [6, 6.07) is 15.2. The van der Waals surface area contributed by atoms with Crippen molar-refractivity contribution in [2.24, 2.45) is 0 Å². The zero-order valence-electron chi connectivity index (χ0n) is 16.8. The lowest BCUT2D eigenvalue weighted by atomic mass is 9.96. The molecule has 1 atom stereocenters. The standard InChI is InChI=1S/C23H28N2O3/c1-16(2)18-8-10-19(11-9-18)22-23(27)24-13-14-25(22)21(26)12-7-17-5-4-6-20(15-17)28-3/h4-6,8-11,15-16,22H,7,12-14H2,1-3H3,(H,24,27). The number of piperazine rings is 1. The van der Waals surface area contributed by atoms with Crippen LogP contribution in [0.5, 0.6) is 5.75 Å². The largest absolute Gasteiger partial charge is 0.497 e. The van der Waals surface area contributed by atoms with Crippen LogP contribution in [-0.4, -0.2) is 36.9 Å². The first-order valence-electron chi connectivity index (χ1n) is 9.79. The lowest BCUT2D eigenvalue weighted by molar-refractivity contribution is -0.143. The maximum absolute atomic E-state index is 12.9. The number of aryl methyl sites for hydroxylation is 1. The van der Waals surface area contributed by atoms with Crippen molar-refractivity contribution >= 4 is 11.8 Å². The molecule has 148 valence electrons. The van der Waals surface area contributed by atoms with Crippen LogP contribution < -0.4 is 10.1 Å². The predicted molar refractivity (Wildman–Crippen MR) is 109 cm³/mol. The maximum Gasteiger partial charge on any atom is 0.247 e. The van der Waals surface area contributed by atoms with Crippen molar-refractivity contribution in [1.29, 1.82) is 0 Å². The van der Waals surface area contributed by atoms with E-state index in [1.807, 2.05) is 48.5 Å². The summed E-state index contributed by atoms with van der Waals surface area (Å²) in [5.74, 6) is 1.09. The summed E-state index contributed by atoms with van der Waals surface area (Å²) in [6.45, 7) is 5.29. The summed E-state index contributed by atoms with van der Waals surface area (Å²) < 4.78 is 5.25. The molecule has 1 unspecified atom stereocenters. The van der Waals surface area contributed by atoms with Gasteiger partial charge >= 0.3 is 0 Å². The monoisotopic (exact) mass is 380 g/mol. The van der Waals surface area contributed by atoms with Gasteiger partial charge in [0.1, 0.15) is 11.8 Å². The zero-order chi connectivity index (χ0) is 20.1. The second-order valence-corrected chi connectivity index (χ2v) is 7.45. The van der Waals surface area contributed by atoms with Crippen LogP contribution in [0, 0.1) is 0 Å². The minimum atomic E-state index is -0.562. The van der Waals surface area contributed by atoms with E-state index in [4.69, 9.17) is 4.74 Å². The quantitative estimate of drug-likeness (QED) is 0.835. The van der Waals surface area contributed by atoms with E-state index < -0.39 is 6.04 Å². The Hall–Kier alpha value is -2.82. The van der Waals surface area contributed by atoms with Crippen molar-refractivity contribution in [1.82, 2.24) is 10.2 Å². The molecule has 2 aromatic rings. The normalized spacial score (nSPS) is 16.8. The molecule has 0 spiro atoms. The minimum Gasteiger partial charge on any atom is -0.497 e. The summed E-state index contributed by atoms with van der Waals surface area (Å²) in [6.07, 6.45) is 0.980. The molecule has 1 fully saturated rings. The lowest BCUT2D eigenvalue weighted by Gasteiger charge is -2.35. The third kappa shape index (κ3) is 4.53. The maximum atomic E-state index is 12.9. The number of benzene rings is 2. The Morgan fingerprint density at radius 3 is 2.64 bits per heavy atom. The molecular weight excluding hydrogens is 352 g/mol. The SMILES string of the molecule is COc1cccc(CCC(=O)N2CCNC(=O)C2c2ccc(C(C)C)cc2)c1. The van der Waals surface area contributed by atoms with E-state index in [2.05, 4.69) is 19.2 Å². The molecule has 5 nitrogen and oxygen atoms in total. The Labute approximate surface area is 166 Å². The van der Waals surface area contributed by atoms with Crippen LogP contribution in [0.4, 0.5) is 0 Å². The third-order valence-corrected chi connectivity index (χ3v) is 5.21. The average Bonchev–Trinajstić information content (AvgIpc) is 2.72. The summed E-state index contributed by atoms with van der Waals surface area (Å²) in [5, 5.41) is 2.89. The average molecular weight is 380 g/mol. The fraction of sp³-hybridized carbons (Fsp3) is 0.391. The predicted octanol–water partition coefficient (Wildman–Crippen LogP) is 3.45. The third-order valence-electron chi connectivity index (χ3n) is 5.21. The topological polar surface area (TPSA) is 58.6 Å². The van der Waals surface area contributed by atoms with Gasteiger partial charge in [-0.15, -0.1) is 0 Å².